The summed E-state index contributed by atoms with van der Waals surface area (Å²) in [5.41, 5.74) is 1.84. The molecule has 28 heavy (non-hydrogen) atoms. The summed E-state index contributed by atoms with van der Waals surface area (Å²) in [5, 5.41) is 0.734. The number of pyridine rings is 1. The number of aromatic nitrogens is 1. The Labute approximate surface area is 171 Å². The highest BCUT2D eigenvalue weighted by molar-refractivity contribution is 6.31. The monoisotopic (exact) mass is 399 g/mol. The van der Waals surface area contributed by atoms with Crippen LogP contribution in [0.3, 0.4) is 0 Å². The van der Waals surface area contributed by atoms with Gasteiger partial charge >= 0.3 is 0 Å². The van der Waals surface area contributed by atoms with Crippen molar-refractivity contribution in [3.05, 3.63) is 59.4 Å². The number of morpholine rings is 1. The fourth-order valence-corrected chi connectivity index (χ4v) is 4.43. The Morgan fingerprint density at radius 2 is 1.96 bits per heavy atom. The molecule has 1 amide bonds. The largest absolute Gasteiger partial charge is 0.360 e. The zero-order valence-corrected chi connectivity index (χ0v) is 16.9. The molecule has 1 aromatic carbocycles. The Morgan fingerprint density at radius 1 is 1.21 bits per heavy atom. The molecule has 1 unspecified atom stereocenters. The number of para-hydroxylation sites is 1. The lowest BCUT2D eigenvalue weighted by molar-refractivity contribution is -0.161. The summed E-state index contributed by atoms with van der Waals surface area (Å²) < 4.78 is 6.26. The van der Waals surface area contributed by atoms with Gasteiger partial charge in [0.15, 0.2) is 0 Å². The third kappa shape index (κ3) is 4.07. The molecular formula is C22H26ClN3O2. The maximum Gasteiger partial charge on any atom is 0.255 e. The van der Waals surface area contributed by atoms with Crippen LogP contribution in [0, 0.1) is 0 Å². The van der Waals surface area contributed by atoms with E-state index in [1.165, 1.54) is 0 Å². The van der Waals surface area contributed by atoms with Gasteiger partial charge in [-0.1, -0.05) is 29.8 Å². The van der Waals surface area contributed by atoms with Crippen LogP contribution >= 0.6 is 11.6 Å². The third-order valence-electron chi connectivity index (χ3n) is 5.88. The van der Waals surface area contributed by atoms with E-state index in [4.69, 9.17) is 16.3 Å². The number of benzene rings is 1. The molecule has 0 radical (unpaired) electrons. The zero-order chi connectivity index (χ0) is 19.6. The van der Waals surface area contributed by atoms with Gasteiger partial charge in [0.25, 0.3) is 5.91 Å². The topological polar surface area (TPSA) is 45.7 Å². The normalized spacial score (nSPS) is 22.6. The van der Waals surface area contributed by atoms with E-state index in [2.05, 4.69) is 9.88 Å². The van der Waals surface area contributed by atoms with E-state index in [0.717, 1.165) is 55.2 Å². The summed E-state index contributed by atoms with van der Waals surface area (Å²) in [7, 11) is 0. The van der Waals surface area contributed by atoms with Crippen molar-refractivity contribution in [3.8, 4) is 0 Å². The molecule has 1 atom stereocenters. The summed E-state index contributed by atoms with van der Waals surface area (Å²) in [6.45, 7) is 5.40. The molecule has 5 nitrogen and oxygen atoms in total. The van der Waals surface area contributed by atoms with E-state index in [0.29, 0.717) is 6.54 Å². The molecule has 2 saturated heterocycles. The number of halogens is 1. The molecule has 148 valence electrons. The van der Waals surface area contributed by atoms with Crippen molar-refractivity contribution in [2.24, 2.45) is 0 Å². The first-order chi connectivity index (χ1) is 13.6. The predicted molar refractivity (Wildman–Crippen MR) is 111 cm³/mol. The second-order valence-electron chi connectivity index (χ2n) is 7.76. The Morgan fingerprint density at radius 3 is 2.68 bits per heavy atom. The van der Waals surface area contributed by atoms with E-state index in [1.807, 2.05) is 48.2 Å². The van der Waals surface area contributed by atoms with Gasteiger partial charge in [0.1, 0.15) is 6.10 Å². The molecule has 2 aliphatic rings. The van der Waals surface area contributed by atoms with Crippen LogP contribution in [-0.4, -0.2) is 53.7 Å². The molecule has 0 N–H and O–H groups in total. The summed E-state index contributed by atoms with van der Waals surface area (Å²) in [4.78, 5) is 21.1. The number of anilines is 1. The van der Waals surface area contributed by atoms with E-state index >= 15 is 0 Å². The maximum absolute atomic E-state index is 12.7. The molecule has 2 fully saturated rings. The fourth-order valence-electron chi connectivity index (χ4n) is 4.22. The summed E-state index contributed by atoms with van der Waals surface area (Å²) in [6, 6.07) is 11.9. The van der Waals surface area contributed by atoms with Crippen molar-refractivity contribution in [2.75, 3.05) is 31.1 Å². The standard InChI is InChI=1S/C22H26ClN3O2/c1-17-21(27)26(19-5-3-2-4-6-19)16-22(28-17)9-13-25(14-10-22)12-8-18-7-11-24-15-20(18)23/h2-7,11,15,17H,8-10,12-14,16H2,1H3. The molecule has 2 aliphatic heterocycles. The molecule has 2 aromatic rings. The minimum atomic E-state index is -0.406. The van der Waals surface area contributed by atoms with E-state index in [9.17, 15) is 4.79 Å². The molecular weight excluding hydrogens is 374 g/mol. The second-order valence-corrected chi connectivity index (χ2v) is 8.17. The highest BCUT2D eigenvalue weighted by atomic mass is 35.5. The number of piperidine rings is 1. The van der Waals surface area contributed by atoms with E-state index in [1.54, 1.807) is 12.4 Å². The van der Waals surface area contributed by atoms with Gasteiger partial charge in [0.05, 0.1) is 17.2 Å². The lowest BCUT2D eigenvalue weighted by Gasteiger charge is -2.49. The lowest BCUT2D eigenvalue weighted by Crippen LogP contribution is -2.61. The van der Waals surface area contributed by atoms with Gasteiger partial charge in [0.2, 0.25) is 0 Å². The minimum Gasteiger partial charge on any atom is -0.360 e. The fraction of sp³-hybridized carbons (Fsp3) is 0.455. The molecule has 0 aliphatic carbocycles. The number of nitrogens with zero attached hydrogens (tertiary/aromatic N) is 3. The highest BCUT2D eigenvalue weighted by Gasteiger charge is 2.45. The molecule has 4 rings (SSSR count). The van der Waals surface area contributed by atoms with Crippen molar-refractivity contribution in [1.29, 1.82) is 0 Å². The molecule has 0 bridgehead atoms. The van der Waals surface area contributed by atoms with Crippen molar-refractivity contribution in [2.45, 2.75) is 37.9 Å². The van der Waals surface area contributed by atoms with E-state index < -0.39 is 6.10 Å². The Kier molecular flexibility index (Phi) is 5.67. The third-order valence-corrected chi connectivity index (χ3v) is 6.22. The van der Waals surface area contributed by atoms with Crippen LogP contribution in [0.2, 0.25) is 5.02 Å². The number of rotatable bonds is 4. The van der Waals surface area contributed by atoms with Crippen LogP contribution in [0.1, 0.15) is 25.3 Å². The van der Waals surface area contributed by atoms with Crippen LogP contribution in [0.25, 0.3) is 0 Å². The van der Waals surface area contributed by atoms with Crippen LogP contribution in [-0.2, 0) is 16.0 Å². The smallest absolute Gasteiger partial charge is 0.255 e. The van der Waals surface area contributed by atoms with Crippen molar-refractivity contribution < 1.29 is 9.53 Å². The van der Waals surface area contributed by atoms with Gasteiger partial charge in [0, 0.05) is 37.7 Å². The molecule has 3 heterocycles. The molecule has 1 spiro atoms. The minimum absolute atomic E-state index is 0.0478. The number of hydrogen-bond acceptors (Lipinski definition) is 4. The quantitative estimate of drug-likeness (QED) is 0.788. The predicted octanol–water partition coefficient (Wildman–Crippen LogP) is 3.56. The Hall–Kier alpha value is -1.95. The van der Waals surface area contributed by atoms with Gasteiger partial charge in [-0.05, 0) is 49.9 Å². The number of hydrogen-bond donors (Lipinski definition) is 0. The first-order valence-corrected chi connectivity index (χ1v) is 10.3. The van der Waals surface area contributed by atoms with Crippen LogP contribution in [0.5, 0.6) is 0 Å². The summed E-state index contributed by atoms with van der Waals surface area (Å²) in [5.74, 6) is 0.0478. The first-order valence-electron chi connectivity index (χ1n) is 9.91. The van der Waals surface area contributed by atoms with Gasteiger partial charge in [-0.2, -0.15) is 0 Å². The molecule has 0 saturated carbocycles. The van der Waals surface area contributed by atoms with Crippen LogP contribution < -0.4 is 4.90 Å². The summed E-state index contributed by atoms with van der Waals surface area (Å²) in [6.07, 6.45) is 5.86. The van der Waals surface area contributed by atoms with Crippen LogP contribution in [0.15, 0.2) is 48.8 Å². The average molecular weight is 400 g/mol. The van der Waals surface area contributed by atoms with Gasteiger partial charge in [-0.25, -0.2) is 0 Å². The maximum atomic E-state index is 12.7. The van der Waals surface area contributed by atoms with Gasteiger partial charge in [-0.15, -0.1) is 0 Å². The van der Waals surface area contributed by atoms with Gasteiger partial charge < -0.3 is 14.5 Å². The summed E-state index contributed by atoms with van der Waals surface area (Å²) >= 11 is 6.22. The van der Waals surface area contributed by atoms with Crippen molar-refractivity contribution in [1.82, 2.24) is 9.88 Å². The SMILES string of the molecule is CC1OC2(CCN(CCc3ccncc3Cl)CC2)CN(c2ccccc2)C1=O. The number of likely N-dealkylation sites (tertiary alicyclic amines) is 1. The first kappa shape index (κ1) is 19.4. The Bertz CT molecular complexity index is 822. The lowest BCUT2D eigenvalue weighted by atomic mass is 9.88. The second kappa shape index (κ2) is 8.19. The van der Waals surface area contributed by atoms with E-state index in [-0.39, 0.29) is 11.5 Å². The average Bonchev–Trinajstić information content (AvgIpc) is 2.72. The number of carbonyl (C=O) groups excluding carboxylic acids is 1. The van der Waals surface area contributed by atoms with Crippen molar-refractivity contribution >= 4 is 23.2 Å². The van der Waals surface area contributed by atoms with Crippen LogP contribution in [0.4, 0.5) is 5.69 Å². The number of ether oxygens (including phenoxy) is 1. The Balaban J connectivity index is 1.39. The van der Waals surface area contributed by atoms with Gasteiger partial charge in [-0.3, -0.25) is 9.78 Å². The number of amides is 1. The highest BCUT2D eigenvalue weighted by Crippen LogP contribution is 2.35. The van der Waals surface area contributed by atoms with Crippen molar-refractivity contribution in [3.63, 3.8) is 0 Å². The molecule has 1 aromatic heterocycles. The zero-order valence-electron chi connectivity index (χ0n) is 16.2. The molecule has 6 heteroatoms. The number of carbonyl (C=O) groups is 1.